The highest BCUT2D eigenvalue weighted by molar-refractivity contribution is 5.77. The van der Waals surface area contributed by atoms with E-state index >= 15 is 0 Å². The first-order valence-corrected chi connectivity index (χ1v) is 7.05. The van der Waals surface area contributed by atoms with Gasteiger partial charge in [0, 0.05) is 37.0 Å². The van der Waals surface area contributed by atoms with Crippen LogP contribution in [0.4, 0.5) is 0 Å². The van der Waals surface area contributed by atoms with E-state index in [9.17, 15) is 4.79 Å². The summed E-state index contributed by atoms with van der Waals surface area (Å²) in [6.45, 7) is 3.23. The maximum Gasteiger partial charge on any atom is 0.260 e. The summed E-state index contributed by atoms with van der Waals surface area (Å²) in [6.07, 6.45) is 3.79. The number of likely N-dealkylation sites (tertiary alicyclic amines) is 1. The minimum atomic E-state index is -0.0279. The van der Waals surface area contributed by atoms with Gasteiger partial charge in [-0.2, -0.15) is 5.10 Å². The highest BCUT2D eigenvalue weighted by atomic mass is 16.5. The molecule has 0 radical (unpaired) electrons. The van der Waals surface area contributed by atoms with E-state index in [4.69, 9.17) is 9.26 Å². The molecule has 0 aliphatic carbocycles. The molecule has 1 atom stereocenters. The average molecular weight is 290 g/mol. The molecule has 1 amide bonds. The fourth-order valence-electron chi connectivity index (χ4n) is 2.59. The summed E-state index contributed by atoms with van der Waals surface area (Å²) in [5.41, 5.74) is 1.08. The summed E-state index contributed by atoms with van der Waals surface area (Å²) in [5, 5.41) is 10.7. The Kier molecular flexibility index (Phi) is 3.89. The molecule has 1 saturated heterocycles. The van der Waals surface area contributed by atoms with Gasteiger partial charge in [-0.25, -0.2) is 0 Å². The summed E-state index contributed by atoms with van der Waals surface area (Å²) >= 11 is 0. The number of carbonyl (C=O) groups is 1. The van der Waals surface area contributed by atoms with Crippen molar-refractivity contribution >= 4 is 5.91 Å². The van der Waals surface area contributed by atoms with Gasteiger partial charge in [0.15, 0.2) is 6.61 Å². The second-order valence-corrected chi connectivity index (χ2v) is 5.26. The van der Waals surface area contributed by atoms with Crippen LogP contribution in [0.5, 0.6) is 5.88 Å². The molecule has 1 aliphatic heterocycles. The Morgan fingerprint density at radius 1 is 1.62 bits per heavy atom. The van der Waals surface area contributed by atoms with Crippen LogP contribution in [-0.2, 0) is 4.79 Å². The summed E-state index contributed by atoms with van der Waals surface area (Å²) in [4.78, 5) is 14.0. The van der Waals surface area contributed by atoms with Gasteiger partial charge in [0.1, 0.15) is 5.76 Å². The number of hydrogen-bond donors (Lipinski definition) is 1. The van der Waals surface area contributed by atoms with Crippen LogP contribution < -0.4 is 4.74 Å². The Morgan fingerprint density at radius 3 is 3.24 bits per heavy atom. The second kappa shape index (κ2) is 5.99. The minimum absolute atomic E-state index is 0.0122. The highest BCUT2D eigenvalue weighted by Crippen LogP contribution is 2.25. The number of amides is 1. The molecule has 1 aliphatic rings. The van der Waals surface area contributed by atoms with Crippen LogP contribution in [0.3, 0.4) is 0 Å². The lowest BCUT2D eigenvalue weighted by Gasteiger charge is -2.32. The van der Waals surface area contributed by atoms with Crippen molar-refractivity contribution < 1.29 is 14.1 Å². The SMILES string of the molecule is Cc1cc(OCC(=O)N2CCCC(c3ccn[nH]3)C2)no1. The number of rotatable bonds is 4. The van der Waals surface area contributed by atoms with Gasteiger partial charge in [-0.3, -0.25) is 9.89 Å². The zero-order valence-corrected chi connectivity index (χ0v) is 11.9. The third-order valence-electron chi connectivity index (χ3n) is 3.69. The van der Waals surface area contributed by atoms with Crippen molar-refractivity contribution in [3.63, 3.8) is 0 Å². The predicted molar refractivity (Wildman–Crippen MR) is 73.9 cm³/mol. The van der Waals surface area contributed by atoms with Gasteiger partial charge in [0.25, 0.3) is 11.8 Å². The monoisotopic (exact) mass is 290 g/mol. The normalized spacial score (nSPS) is 18.7. The van der Waals surface area contributed by atoms with Crippen molar-refractivity contribution in [2.45, 2.75) is 25.7 Å². The third kappa shape index (κ3) is 3.24. The second-order valence-electron chi connectivity index (χ2n) is 5.26. The molecule has 0 saturated carbocycles. The van der Waals surface area contributed by atoms with Gasteiger partial charge >= 0.3 is 0 Å². The smallest absolute Gasteiger partial charge is 0.260 e. The number of nitrogens with zero attached hydrogens (tertiary/aromatic N) is 3. The van der Waals surface area contributed by atoms with Crippen molar-refractivity contribution in [2.75, 3.05) is 19.7 Å². The molecule has 3 heterocycles. The van der Waals surface area contributed by atoms with Crippen LogP contribution in [0.15, 0.2) is 22.9 Å². The van der Waals surface area contributed by atoms with E-state index in [2.05, 4.69) is 15.4 Å². The molecule has 1 N–H and O–H groups in total. The largest absolute Gasteiger partial charge is 0.465 e. The van der Waals surface area contributed by atoms with Crippen molar-refractivity contribution in [1.82, 2.24) is 20.3 Å². The van der Waals surface area contributed by atoms with E-state index in [1.807, 2.05) is 11.0 Å². The lowest BCUT2D eigenvalue weighted by Crippen LogP contribution is -2.41. The van der Waals surface area contributed by atoms with Gasteiger partial charge in [-0.1, -0.05) is 0 Å². The van der Waals surface area contributed by atoms with Gasteiger partial charge in [0.05, 0.1) is 0 Å². The number of carbonyl (C=O) groups excluding carboxylic acids is 1. The van der Waals surface area contributed by atoms with Gasteiger partial charge in [-0.05, 0) is 31.0 Å². The molecule has 1 unspecified atom stereocenters. The molecule has 0 aromatic carbocycles. The van der Waals surface area contributed by atoms with Crippen LogP contribution in [0.1, 0.15) is 30.2 Å². The molecule has 7 heteroatoms. The zero-order valence-electron chi connectivity index (χ0n) is 11.9. The third-order valence-corrected chi connectivity index (χ3v) is 3.69. The Labute approximate surface area is 122 Å². The van der Waals surface area contributed by atoms with E-state index in [0.29, 0.717) is 24.1 Å². The summed E-state index contributed by atoms with van der Waals surface area (Å²) in [7, 11) is 0. The number of ether oxygens (including phenoxy) is 1. The highest BCUT2D eigenvalue weighted by Gasteiger charge is 2.25. The first-order valence-electron chi connectivity index (χ1n) is 7.05. The fraction of sp³-hybridized carbons (Fsp3) is 0.500. The van der Waals surface area contributed by atoms with Crippen LogP contribution in [-0.4, -0.2) is 45.9 Å². The van der Waals surface area contributed by atoms with Crippen molar-refractivity contribution in [1.29, 1.82) is 0 Å². The summed E-state index contributed by atoms with van der Waals surface area (Å²) < 4.78 is 10.2. The Hall–Kier alpha value is -2.31. The maximum atomic E-state index is 12.2. The zero-order chi connectivity index (χ0) is 14.7. The number of aryl methyl sites for hydroxylation is 1. The van der Waals surface area contributed by atoms with Crippen LogP contribution in [0.2, 0.25) is 0 Å². The Balaban J connectivity index is 1.54. The van der Waals surface area contributed by atoms with Gasteiger partial charge in [-0.15, -0.1) is 0 Å². The fourth-order valence-corrected chi connectivity index (χ4v) is 2.59. The predicted octanol–water partition coefficient (Wildman–Crippen LogP) is 1.49. The molecule has 2 aromatic rings. The van der Waals surface area contributed by atoms with Gasteiger partial charge < -0.3 is 14.2 Å². The number of hydrogen-bond acceptors (Lipinski definition) is 5. The standard InChI is InChI=1S/C14H18N4O3/c1-10-7-13(17-21-10)20-9-14(19)18-6-2-3-11(8-18)12-4-5-15-16-12/h4-5,7,11H,2-3,6,8-9H2,1H3,(H,15,16). The Morgan fingerprint density at radius 2 is 2.52 bits per heavy atom. The number of aromatic nitrogens is 3. The molecule has 2 aromatic heterocycles. The molecule has 112 valence electrons. The van der Waals surface area contributed by atoms with Gasteiger partial charge in [0.2, 0.25) is 0 Å². The van der Waals surface area contributed by atoms with Crippen molar-refractivity contribution in [3.05, 3.63) is 29.8 Å². The minimum Gasteiger partial charge on any atom is -0.465 e. The number of piperidine rings is 1. The number of aromatic amines is 1. The summed E-state index contributed by atoms with van der Waals surface area (Å²) in [6, 6.07) is 3.63. The molecule has 7 nitrogen and oxygen atoms in total. The van der Waals surface area contributed by atoms with Crippen molar-refractivity contribution in [2.24, 2.45) is 0 Å². The first kappa shape index (κ1) is 13.7. The number of nitrogens with one attached hydrogen (secondary N) is 1. The molecule has 3 rings (SSSR count). The molecule has 21 heavy (non-hydrogen) atoms. The maximum absolute atomic E-state index is 12.2. The lowest BCUT2D eigenvalue weighted by atomic mass is 9.95. The van der Waals surface area contributed by atoms with E-state index < -0.39 is 0 Å². The average Bonchev–Trinajstić information content (AvgIpc) is 3.16. The topological polar surface area (TPSA) is 84.2 Å². The van der Waals surface area contributed by atoms with Crippen LogP contribution in [0, 0.1) is 6.92 Å². The Bertz CT molecular complexity index is 593. The summed E-state index contributed by atoms with van der Waals surface area (Å²) in [5.74, 6) is 1.30. The van der Waals surface area contributed by atoms with E-state index in [-0.39, 0.29) is 12.5 Å². The first-order chi connectivity index (χ1) is 10.2. The quantitative estimate of drug-likeness (QED) is 0.922. The molecule has 0 bridgehead atoms. The lowest BCUT2D eigenvalue weighted by molar-refractivity contribution is -0.134. The van der Waals surface area contributed by atoms with E-state index in [0.717, 1.165) is 25.1 Å². The van der Waals surface area contributed by atoms with Crippen molar-refractivity contribution in [3.8, 4) is 5.88 Å². The number of H-pyrrole nitrogens is 1. The van der Waals surface area contributed by atoms with E-state index in [1.165, 1.54) is 0 Å². The molecular formula is C14H18N4O3. The van der Waals surface area contributed by atoms with Crippen LogP contribution >= 0.6 is 0 Å². The molecule has 0 spiro atoms. The van der Waals surface area contributed by atoms with Crippen LogP contribution in [0.25, 0.3) is 0 Å². The molecular weight excluding hydrogens is 272 g/mol. The molecule has 1 fully saturated rings. The van der Waals surface area contributed by atoms with E-state index in [1.54, 1.807) is 19.2 Å².